The molecule has 0 saturated heterocycles. The lowest BCUT2D eigenvalue weighted by atomic mass is 10.2. The van der Waals surface area contributed by atoms with Crippen LogP contribution < -0.4 is 10.1 Å². The van der Waals surface area contributed by atoms with Crippen molar-refractivity contribution in [1.29, 1.82) is 0 Å². The Kier molecular flexibility index (Phi) is 6.59. The molecule has 0 bridgehead atoms. The maximum absolute atomic E-state index is 12.6. The van der Waals surface area contributed by atoms with E-state index in [1.807, 2.05) is 37.3 Å². The SMILES string of the molecule is COc1cc(Cl)c(C)cc1NC(=O)[C@H](C)Sc1nnc(Cc2ccccc2)o1. The van der Waals surface area contributed by atoms with E-state index in [1.54, 1.807) is 19.1 Å². The number of rotatable bonds is 7. The van der Waals surface area contributed by atoms with E-state index in [-0.39, 0.29) is 5.91 Å². The molecule has 1 atom stereocenters. The molecule has 1 aromatic heterocycles. The van der Waals surface area contributed by atoms with E-state index in [9.17, 15) is 4.79 Å². The van der Waals surface area contributed by atoms with Crippen LogP contribution in [0.4, 0.5) is 5.69 Å². The summed E-state index contributed by atoms with van der Waals surface area (Å²) in [6, 6.07) is 13.3. The Hall–Kier alpha value is -2.51. The third-order valence-corrected chi connectivity index (χ3v) is 5.37. The highest BCUT2D eigenvalue weighted by Gasteiger charge is 2.20. The number of hydrogen-bond donors (Lipinski definition) is 1. The Morgan fingerprint density at radius 3 is 2.75 bits per heavy atom. The molecular weight excluding hydrogens is 398 g/mol. The van der Waals surface area contributed by atoms with Crippen LogP contribution in [0.5, 0.6) is 5.75 Å². The number of thioether (sulfide) groups is 1. The second-order valence-electron chi connectivity index (χ2n) is 6.18. The number of nitrogens with one attached hydrogen (secondary N) is 1. The summed E-state index contributed by atoms with van der Waals surface area (Å²) in [5, 5.41) is 11.4. The third kappa shape index (κ3) is 5.05. The second kappa shape index (κ2) is 9.12. The summed E-state index contributed by atoms with van der Waals surface area (Å²) < 4.78 is 11.0. The first-order valence-electron chi connectivity index (χ1n) is 8.64. The Balaban J connectivity index is 1.63. The van der Waals surface area contributed by atoms with E-state index in [1.165, 1.54) is 18.9 Å². The molecule has 2 aromatic carbocycles. The molecule has 1 heterocycles. The van der Waals surface area contributed by atoms with Crippen LogP contribution in [0, 0.1) is 6.92 Å². The molecule has 0 aliphatic carbocycles. The predicted molar refractivity (Wildman–Crippen MR) is 110 cm³/mol. The van der Waals surface area contributed by atoms with Gasteiger partial charge in [-0.25, -0.2) is 0 Å². The molecule has 6 nitrogen and oxygen atoms in total. The van der Waals surface area contributed by atoms with E-state index in [0.717, 1.165) is 11.1 Å². The fraction of sp³-hybridized carbons (Fsp3) is 0.250. The fourth-order valence-corrected chi connectivity index (χ4v) is 3.35. The molecule has 0 aliphatic rings. The van der Waals surface area contributed by atoms with Crippen molar-refractivity contribution in [2.45, 2.75) is 30.7 Å². The fourth-order valence-electron chi connectivity index (χ4n) is 2.50. The zero-order valence-electron chi connectivity index (χ0n) is 15.7. The number of carbonyl (C=O) groups is 1. The number of aromatic nitrogens is 2. The van der Waals surface area contributed by atoms with E-state index in [2.05, 4.69) is 15.5 Å². The molecule has 1 N–H and O–H groups in total. The summed E-state index contributed by atoms with van der Waals surface area (Å²) in [4.78, 5) is 12.6. The van der Waals surface area contributed by atoms with Crippen LogP contribution in [-0.2, 0) is 11.2 Å². The molecule has 0 fully saturated rings. The van der Waals surface area contributed by atoms with Gasteiger partial charge in [0.2, 0.25) is 11.8 Å². The number of amides is 1. The van der Waals surface area contributed by atoms with Gasteiger partial charge in [0.25, 0.3) is 5.22 Å². The normalized spacial score (nSPS) is 11.9. The van der Waals surface area contributed by atoms with Crippen LogP contribution in [0.3, 0.4) is 0 Å². The zero-order valence-corrected chi connectivity index (χ0v) is 17.3. The van der Waals surface area contributed by atoms with Crippen molar-refractivity contribution < 1.29 is 13.9 Å². The number of benzene rings is 2. The van der Waals surface area contributed by atoms with Crippen LogP contribution in [0.2, 0.25) is 5.02 Å². The van der Waals surface area contributed by atoms with E-state index in [0.29, 0.717) is 34.0 Å². The van der Waals surface area contributed by atoms with Crippen LogP contribution in [0.1, 0.15) is 23.9 Å². The van der Waals surface area contributed by atoms with Gasteiger partial charge in [-0.05, 0) is 31.0 Å². The average Bonchev–Trinajstić information content (AvgIpc) is 3.12. The number of carbonyl (C=O) groups excluding carboxylic acids is 1. The molecule has 0 unspecified atom stereocenters. The van der Waals surface area contributed by atoms with Gasteiger partial charge in [-0.2, -0.15) is 0 Å². The first-order valence-corrected chi connectivity index (χ1v) is 9.90. The second-order valence-corrected chi connectivity index (χ2v) is 7.87. The lowest BCUT2D eigenvalue weighted by Crippen LogP contribution is -2.22. The van der Waals surface area contributed by atoms with E-state index < -0.39 is 5.25 Å². The molecule has 3 rings (SSSR count). The smallest absolute Gasteiger partial charge is 0.277 e. The van der Waals surface area contributed by atoms with Gasteiger partial charge in [0, 0.05) is 11.1 Å². The maximum Gasteiger partial charge on any atom is 0.277 e. The van der Waals surface area contributed by atoms with Gasteiger partial charge in [0.05, 0.1) is 24.5 Å². The topological polar surface area (TPSA) is 77.2 Å². The largest absolute Gasteiger partial charge is 0.495 e. The minimum absolute atomic E-state index is 0.201. The van der Waals surface area contributed by atoms with Gasteiger partial charge < -0.3 is 14.5 Å². The Labute approximate surface area is 172 Å². The van der Waals surface area contributed by atoms with Crippen molar-refractivity contribution in [2.75, 3.05) is 12.4 Å². The number of hydrogen-bond acceptors (Lipinski definition) is 6. The van der Waals surface area contributed by atoms with Crippen LogP contribution in [0.15, 0.2) is 52.1 Å². The first-order chi connectivity index (χ1) is 13.5. The summed E-state index contributed by atoms with van der Waals surface area (Å²) in [5.41, 5.74) is 2.50. The van der Waals surface area contributed by atoms with E-state index >= 15 is 0 Å². The summed E-state index contributed by atoms with van der Waals surface area (Å²) in [6.45, 7) is 3.64. The predicted octanol–water partition coefficient (Wildman–Crippen LogP) is 4.75. The summed E-state index contributed by atoms with van der Waals surface area (Å²) in [5.74, 6) is 0.813. The Morgan fingerprint density at radius 2 is 2.04 bits per heavy atom. The highest BCUT2D eigenvalue weighted by Crippen LogP contribution is 2.32. The minimum atomic E-state index is -0.439. The van der Waals surface area contributed by atoms with Crippen LogP contribution in [0.25, 0.3) is 0 Å². The van der Waals surface area contributed by atoms with Crippen molar-refractivity contribution in [2.24, 2.45) is 0 Å². The van der Waals surface area contributed by atoms with E-state index in [4.69, 9.17) is 20.8 Å². The Bertz CT molecular complexity index is 963. The molecule has 8 heteroatoms. The zero-order chi connectivity index (χ0) is 20.1. The van der Waals surface area contributed by atoms with Gasteiger partial charge in [-0.3, -0.25) is 4.79 Å². The summed E-state index contributed by atoms with van der Waals surface area (Å²) >= 11 is 7.31. The lowest BCUT2D eigenvalue weighted by molar-refractivity contribution is -0.115. The number of nitrogens with zero attached hydrogens (tertiary/aromatic N) is 2. The summed E-state index contributed by atoms with van der Waals surface area (Å²) in [6.07, 6.45) is 0.552. The molecule has 0 spiro atoms. The number of ether oxygens (including phenoxy) is 1. The van der Waals surface area contributed by atoms with Gasteiger partial charge in [-0.15, -0.1) is 10.2 Å². The Morgan fingerprint density at radius 1 is 1.29 bits per heavy atom. The molecule has 0 radical (unpaired) electrons. The van der Waals surface area contributed by atoms with Gasteiger partial charge in [0.1, 0.15) is 5.75 Å². The molecule has 3 aromatic rings. The van der Waals surface area contributed by atoms with Crippen LogP contribution >= 0.6 is 23.4 Å². The monoisotopic (exact) mass is 417 g/mol. The first kappa shape index (κ1) is 20.2. The summed E-state index contributed by atoms with van der Waals surface area (Å²) in [7, 11) is 1.53. The number of aryl methyl sites for hydroxylation is 1. The van der Waals surface area contributed by atoms with Gasteiger partial charge in [-0.1, -0.05) is 53.7 Å². The quantitative estimate of drug-likeness (QED) is 0.559. The third-order valence-electron chi connectivity index (χ3n) is 4.03. The average molecular weight is 418 g/mol. The van der Waals surface area contributed by atoms with Gasteiger partial charge in [0.15, 0.2) is 0 Å². The minimum Gasteiger partial charge on any atom is -0.495 e. The standard InChI is InChI=1S/C20H20ClN3O3S/c1-12-9-16(17(26-3)11-15(12)21)22-19(25)13(2)28-20-24-23-18(27-20)10-14-7-5-4-6-8-14/h4-9,11,13H,10H2,1-3H3,(H,22,25)/t13-/m0/s1. The molecule has 0 saturated carbocycles. The number of anilines is 1. The highest BCUT2D eigenvalue weighted by molar-refractivity contribution is 8.00. The molecule has 0 aliphatic heterocycles. The van der Waals surface area contributed by atoms with Crippen molar-refractivity contribution >= 4 is 35.0 Å². The highest BCUT2D eigenvalue weighted by atomic mass is 35.5. The number of methoxy groups -OCH3 is 1. The molecule has 1 amide bonds. The number of halogens is 1. The van der Waals surface area contributed by atoms with Crippen molar-refractivity contribution in [3.63, 3.8) is 0 Å². The van der Waals surface area contributed by atoms with Crippen molar-refractivity contribution in [3.8, 4) is 5.75 Å². The van der Waals surface area contributed by atoms with Gasteiger partial charge >= 0.3 is 0 Å². The van der Waals surface area contributed by atoms with Crippen molar-refractivity contribution in [3.05, 3.63) is 64.5 Å². The van der Waals surface area contributed by atoms with Crippen LogP contribution in [-0.4, -0.2) is 28.5 Å². The molecule has 146 valence electrons. The molecular formula is C20H20ClN3O3S. The van der Waals surface area contributed by atoms with Crippen molar-refractivity contribution in [1.82, 2.24) is 10.2 Å². The molecule has 28 heavy (non-hydrogen) atoms. The lowest BCUT2D eigenvalue weighted by Gasteiger charge is -2.14. The maximum atomic E-state index is 12.6.